The number of carbonyl (C=O) groups excluding carboxylic acids is 1. The molecule has 0 spiro atoms. The number of alkyl carbamates (subject to hydrolysis) is 1. The van der Waals surface area contributed by atoms with Gasteiger partial charge in [0, 0.05) is 7.11 Å². The lowest BCUT2D eigenvalue weighted by Crippen LogP contribution is -2.48. The Morgan fingerprint density at radius 1 is 1.29 bits per heavy atom. The van der Waals surface area contributed by atoms with Crippen molar-refractivity contribution in [3.05, 3.63) is 35.9 Å². The molecule has 0 radical (unpaired) electrons. The van der Waals surface area contributed by atoms with Gasteiger partial charge in [-0.2, -0.15) is 0 Å². The highest BCUT2D eigenvalue weighted by Gasteiger charge is 2.27. The third-order valence-corrected chi connectivity index (χ3v) is 2.67. The van der Waals surface area contributed by atoms with E-state index in [9.17, 15) is 4.79 Å². The lowest BCUT2D eigenvalue weighted by molar-refractivity contribution is -0.346. The highest BCUT2D eigenvalue weighted by atomic mass is 17.1. The van der Waals surface area contributed by atoms with Crippen LogP contribution >= 0.6 is 0 Å². The lowest BCUT2D eigenvalue weighted by Gasteiger charge is -2.26. The third-order valence-electron chi connectivity index (χ3n) is 2.67. The zero-order valence-corrected chi connectivity index (χ0v) is 12.8. The molecule has 0 aliphatic heterocycles. The first-order valence-corrected chi connectivity index (χ1v) is 6.72. The van der Waals surface area contributed by atoms with Crippen molar-refractivity contribution in [1.29, 1.82) is 0 Å². The van der Waals surface area contributed by atoms with Crippen LogP contribution < -0.4 is 5.32 Å². The van der Waals surface area contributed by atoms with Crippen LogP contribution in [0.5, 0.6) is 0 Å². The molecular weight excluding hydrogens is 274 g/mol. The van der Waals surface area contributed by atoms with E-state index in [4.69, 9.17) is 14.7 Å². The molecule has 0 bridgehead atoms. The SMILES string of the molecule is CO[C@@H](OO)[C@H](Cc1ccccc1)NC(=O)OC(C)(C)C. The molecule has 2 atom stereocenters. The van der Waals surface area contributed by atoms with E-state index in [0.717, 1.165) is 5.56 Å². The van der Waals surface area contributed by atoms with Crippen molar-refractivity contribution in [2.24, 2.45) is 0 Å². The fourth-order valence-corrected chi connectivity index (χ4v) is 1.82. The van der Waals surface area contributed by atoms with E-state index >= 15 is 0 Å². The van der Waals surface area contributed by atoms with E-state index in [1.54, 1.807) is 20.8 Å². The molecule has 21 heavy (non-hydrogen) atoms. The van der Waals surface area contributed by atoms with E-state index < -0.39 is 24.0 Å². The summed E-state index contributed by atoms with van der Waals surface area (Å²) in [7, 11) is 1.38. The molecule has 1 rings (SSSR count). The van der Waals surface area contributed by atoms with Gasteiger partial charge >= 0.3 is 6.09 Å². The maximum absolute atomic E-state index is 11.9. The number of carbonyl (C=O) groups is 1. The smallest absolute Gasteiger partial charge is 0.408 e. The van der Waals surface area contributed by atoms with Crippen LogP contribution in [0.25, 0.3) is 0 Å². The van der Waals surface area contributed by atoms with Crippen LogP contribution in [0, 0.1) is 0 Å². The fraction of sp³-hybridized carbons (Fsp3) is 0.533. The van der Waals surface area contributed by atoms with Crippen LogP contribution in [-0.2, 0) is 20.8 Å². The second kappa shape index (κ2) is 7.97. The zero-order valence-electron chi connectivity index (χ0n) is 12.8. The van der Waals surface area contributed by atoms with Gasteiger partial charge in [0.1, 0.15) is 5.60 Å². The van der Waals surface area contributed by atoms with Crippen molar-refractivity contribution in [2.75, 3.05) is 7.11 Å². The molecule has 0 saturated heterocycles. The van der Waals surface area contributed by atoms with E-state index in [1.807, 2.05) is 30.3 Å². The summed E-state index contributed by atoms with van der Waals surface area (Å²) in [5.74, 6) is 0. The molecule has 0 heterocycles. The number of nitrogens with one attached hydrogen (secondary N) is 1. The molecule has 1 aromatic carbocycles. The summed E-state index contributed by atoms with van der Waals surface area (Å²) >= 11 is 0. The molecule has 1 aromatic rings. The van der Waals surface area contributed by atoms with Gasteiger partial charge < -0.3 is 14.8 Å². The highest BCUT2D eigenvalue weighted by molar-refractivity contribution is 5.68. The minimum absolute atomic E-state index is 0.430. The van der Waals surface area contributed by atoms with Gasteiger partial charge in [-0.15, -0.1) is 0 Å². The van der Waals surface area contributed by atoms with E-state index in [2.05, 4.69) is 10.2 Å². The molecule has 2 N–H and O–H groups in total. The Hall–Kier alpha value is -1.63. The lowest BCUT2D eigenvalue weighted by atomic mass is 10.1. The average Bonchev–Trinajstić information content (AvgIpc) is 2.39. The van der Waals surface area contributed by atoms with Crippen LogP contribution in [0.3, 0.4) is 0 Å². The van der Waals surface area contributed by atoms with Crippen LogP contribution in [0.15, 0.2) is 30.3 Å². The zero-order chi connectivity index (χ0) is 15.9. The van der Waals surface area contributed by atoms with Crippen LogP contribution in [0.4, 0.5) is 4.79 Å². The van der Waals surface area contributed by atoms with Gasteiger partial charge in [-0.3, -0.25) is 0 Å². The molecule has 0 unspecified atom stereocenters. The highest BCUT2D eigenvalue weighted by Crippen LogP contribution is 2.11. The Morgan fingerprint density at radius 3 is 2.38 bits per heavy atom. The average molecular weight is 297 g/mol. The van der Waals surface area contributed by atoms with Gasteiger partial charge in [-0.25, -0.2) is 14.9 Å². The third kappa shape index (κ3) is 6.57. The minimum atomic E-state index is -0.988. The summed E-state index contributed by atoms with van der Waals surface area (Å²) in [5.41, 5.74) is 0.363. The Bertz CT molecular complexity index is 425. The van der Waals surface area contributed by atoms with Gasteiger partial charge in [0.15, 0.2) is 0 Å². The van der Waals surface area contributed by atoms with Crippen molar-refractivity contribution in [1.82, 2.24) is 5.32 Å². The van der Waals surface area contributed by atoms with Crippen molar-refractivity contribution in [3.63, 3.8) is 0 Å². The van der Waals surface area contributed by atoms with Crippen molar-refractivity contribution in [3.8, 4) is 0 Å². The van der Waals surface area contributed by atoms with Gasteiger partial charge in [-0.05, 0) is 32.8 Å². The Labute approximate surface area is 124 Å². The molecule has 0 fully saturated rings. The summed E-state index contributed by atoms with van der Waals surface area (Å²) in [6, 6.07) is 8.91. The molecule has 0 aromatic heterocycles. The number of amides is 1. The normalized spacial score (nSPS) is 14.3. The predicted molar refractivity (Wildman–Crippen MR) is 77.8 cm³/mol. The van der Waals surface area contributed by atoms with Gasteiger partial charge in [0.25, 0.3) is 0 Å². The molecule has 118 valence electrons. The number of methoxy groups -OCH3 is 1. The van der Waals surface area contributed by atoms with Gasteiger partial charge in [-0.1, -0.05) is 30.3 Å². The van der Waals surface area contributed by atoms with Crippen LogP contribution in [0.2, 0.25) is 0 Å². The number of ether oxygens (including phenoxy) is 2. The number of hydrogen-bond donors (Lipinski definition) is 2. The second-order valence-corrected chi connectivity index (χ2v) is 5.65. The number of rotatable bonds is 6. The fourth-order valence-electron chi connectivity index (χ4n) is 1.82. The first-order valence-electron chi connectivity index (χ1n) is 6.72. The summed E-state index contributed by atoms with van der Waals surface area (Å²) in [6.45, 7) is 5.32. The molecule has 0 aliphatic rings. The van der Waals surface area contributed by atoms with Crippen LogP contribution in [0.1, 0.15) is 26.3 Å². The Morgan fingerprint density at radius 2 is 1.90 bits per heavy atom. The minimum Gasteiger partial charge on any atom is -0.444 e. The summed E-state index contributed by atoms with van der Waals surface area (Å²) in [5, 5.41) is 11.6. The molecule has 6 heteroatoms. The summed E-state index contributed by atoms with van der Waals surface area (Å²) < 4.78 is 10.2. The van der Waals surface area contributed by atoms with Crippen LogP contribution in [-0.4, -0.2) is 36.4 Å². The topological polar surface area (TPSA) is 77.0 Å². The first-order chi connectivity index (χ1) is 9.85. The molecule has 0 saturated carbocycles. The van der Waals surface area contributed by atoms with Crippen molar-refractivity contribution >= 4 is 6.09 Å². The van der Waals surface area contributed by atoms with E-state index in [1.165, 1.54) is 7.11 Å². The quantitative estimate of drug-likeness (QED) is 0.479. The molecular formula is C15H23NO5. The van der Waals surface area contributed by atoms with Gasteiger partial charge in [0.2, 0.25) is 6.29 Å². The Kier molecular flexibility index (Phi) is 6.61. The largest absolute Gasteiger partial charge is 0.444 e. The summed E-state index contributed by atoms with van der Waals surface area (Å²) in [4.78, 5) is 16.1. The maximum Gasteiger partial charge on any atom is 0.408 e. The maximum atomic E-state index is 11.9. The first kappa shape index (κ1) is 17.4. The molecule has 6 nitrogen and oxygen atoms in total. The number of benzene rings is 1. The van der Waals surface area contributed by atoms with E-state index in [0.29, 0.717) is 6.42 Å². The van der Waals surface area contributed by atoms with Crippen molar-refractivity contribution in [2.45, 2.75) is 45.1 Å². The second-order valence-electron chi connectivity index (χ2n) is 5.65. The predicted octanol–water partition coefficient (Wildman–Crippen LogP) is 2.58. The monoisotopic (exact) mass is 297 g/mol. The Balaban J connectivity index is 2.75. The molecule has 1 amide bonds. The number of hydrogen-bond acceptors (Lipinski definition) is 5. The standard InChI is InChI=1S/C15H23NO5/c1-15(2,3)20-14(17)16-12(13(19-4)21-18)10-11-8-6-5-7-9-11/h5-9,12-13,18H,10H2,1-4H3,(H,16,17)/t12-,13-/m0/s1. The van der Waals surface area contributed by atoms with Crippen molar-refractivity contribution < 1.29 is 24.4 Å². The molecule has 0 aliphatic carbocycles. The van der Waals surface area contributed by atoms with E-state index in [-0.39, 0.29) is 0 Å². The summed E-state index contributed by atoms with van der Waals surface area (Å²) in [6.07, 6.45) is -1.15. The van der Waals surface area contributed by atoms with Gasteiger partial charge in [0.05, 0.1) is 6.04 Å².